The third kappa shape index (κ3) is 2.72. The van der Waals surface area contributed by atoms with Crippen molar-refractivity contribution in [3.05, 3.63) is 34.3 Å². The smallest absolute Gasteiger partial charge is 0.331 e. The van der Waals surface area contributed by atoms with E-state index in [1.54, 1.807) is 19.1 Å². The van der Waals surface area contributed by atoms with Gasteiger partial charge >= 0.3 is 5.97 Å². The van der Waals surface area contributed by atoms with E-state index in [2.05, 4.69) is 5.32 Å². The molecule has 1 aliphatic heterocycles. The molecule has 0 spiro atoms. The Morgan fingerprint density at radius 2 is 2.21 bits per heavy atom. The predicted molar refractivity (Wildman–Crippen MR) is 69.5 cm³/mol. The van der Waals surface area contributed by atoms with Crippen LogP contribution in [0.3, 0.4) is 0 Å². The maximum Gasteiger partial charge on any atom is 0.331 e. The first kappa shape index (κ1) is 13.8. The summed E-state index contributed by atoms with van der Waals surface area (Å²) in [6.07, 6.45) is 0.258. The molecule has 1 unspecified atom stereocenters. The van der Waals surface area contributed by atoms with Gasteiger partial charge in [-0.2, -0.15) is 0 Å². The molecule has 1 saturated heterocycles. The summed E-state index contributed by atoms with van der Waals surface area (Å²) in [5, 5.41) is 12.2. The Balaban J connectivity index is 2.25. The predicted octanol–water partition coefficient (Wildman–Crippen LogP) is 1.62. The molecule has 5 nitrogen and oxygen atoms in total. The lowest BCUT2D eigenvalue weighted by Gasteiger charge is -2.24. The van der Waals surface area contributed by atoms with Gasteiger partial charge in [0.05, 0.1) is 6.61 Å². The van der Waals surface area contributed by atoms with E-state index < -0.39 is 17.4 Å². The fraction of sp³-hybridized carbons (Fsp3) is 0.385. The number of ether oxygens (including phenoxy) is 1. The van der Waals surface area contributed by atoms with Crippen LogP contribution in [0.4, 0.5) is 0 Å². The zero-order valence-corrected chi connectivity index (χ0v) is 11.2. The molecule has 0 saturated carbocycles. The summed E-state index contributed by atoms with van der Waals surface area (Å²) < 4.78 is 5.09. The minimum atomic E-state index is -1.34. The van der Waals surface area contributed by atoms with Gasteiger partial charge in [-0.3, -0.25) is 4.79 Å². The summed E-state index contributed by atoms with van der Waals surface area (Å²) in [7, 11) is 0. The number of halogens is 1. The molecule has 1 fully saturated rings. The third-order valence-electron chi connectivity index (χ3n) is 3.23. The zero-order valence-electron chi connectivity index (χ0n) is 10.4. The minimum Gasteiger partial charge on any atom is -0.479 e. The van der Waals surface area contributed by atoms with E-state index in [0.29, 0.717) is 17.2 Å². The minimum absolute atomic E-state index is 0.0202. The molecule has 6 heteroatoms. The Hall–Kier alpha value is -1.59. The van der Waals surface area contributed by atoms with E-state index in [9.17, 15) is 14.7 Å². The number of rotatable bonds is 3. The number of hydrogen-bond donors (Lipinski definition) is 2. The van der Waals surface area contributed by atoms with Gasteiger partial charge in [-0.15, -0.1) is 0 Å². The maximum absolute atomic E-state index is 12.2. The number of hydrogen-bond acceptors (Lipinski definition) is 3. The van der Waals surface area contributed by atoms with Crippen molar-refractivity contribution < 1.29 is 19.4 Å². The molecule has 0 aromatic heterocycles. The first-order chi connectivity index (χ1) is 8.94. The number of amides is 1. The van der Waals surface area contributed by atoms with Crippen LogP contribution >= 0.6 is 11.6 Å². The number of carbonyl (C=O) groups excluding carboxylic acids is 1. The molecule has 1 aliphatic rings. The van der Waals surface area contributed by atoms with Crippen molar-refractivity contribution in [3.8, 4) is 0 Å². The van der Waals surface area contributed by atoms with Crippen LogP contribution in [0.1, 0.15) is 22.3 Å². The second-order valence-corrected chi connectivity index (χ2v) is 5.04. The van der Waals surface area contributed by atoms with Gasteiger partial charge in [0, 0.05) is 23.6 Å². The number of carboxylic acids is 1. The molecular weight excluding hydrogens is 270 g/mol. The Morgan fingerprint density at radius 1 is 1.47 bits per heavy atom. The second kappa shape index (κ2) is 5.19. The SMILES string of the molecule is Cc1ccc(Cl)cc1C(=O)NC1(C(=O)O)CCOC1. The monoisotopic (exact) mass is 283 g/mol. The molecule has 0 bridgehead atoms. The van der Waals surface area contributed by atoms with Gasteiger partial charge in [0.25, 0.3) is 5.91 Å². The van der Waals surface area contributed by atoms with Crippen LogP contribution in [0, 0.1) is 6.92 Å². The maximum atomic E-state index is 12.2. The molecule has 1 heterocycles. The van der Waals surface area contributed by atoms with E-state index in [1.165, 1.54) is 6.07 Å². The highest BCUT2D eigenvalue weighted by Gasteiger charge is 2.44. The quantitative estimate of drug-likeness (QED) is 0.884. The second-order valence-electron chi connectivity index (χ2n) is 4.60. The third-order valence-corrected chi connectivity index (χ3v) is 3.46. The van der Waals surface area contributed by atoms with Crippen molar-refractivity contribution in [2.24, 2.45) is 0 Å². The van der Waals surface area contributed by atoms with Crippen LogP contribution < -0.4 is 5.32 Å². The van der Waals surface area contributed by atoms with E-state index >= 15 is 0 Å². The van der Waals surface area contributed by atoms with Crippen molar-refractivity contribution in [2.75, 3.05) is 13.2 Å². The van der Waals surface area contributed by atoms with E-state index in [-0.39, 0.29) is 13.0 Å². The summed E-state index contributed by atoms with van der Waals surface area (Å²) in [4.78, 5) is 23.5. The highest BCUT2D eigenvalue weighted by Crippen LogP contribution is 2.21. The van der Waals surface area contributed by atoms with Crippen molar-refractivity contribution >= 4 is 23.5 Å². The summed E-state index contributed by atoms with van der Waals surface area (Å²) in [5.41, 5.74) is -0.229. The average Bonchev–Trinajstić information content (AvgIpc) is 2.82. The number of aliphatic carboxylic acids is 1. The highest BCUT2D eigenvalue weighted by atomic mass is 35.5. The summed E-state index contributed by atoms with van der Waals surface area (Å²) in [5.74, 6) is -1.54. The van der Waals surface area contributed by atoms with Gasteiger partial charge in [0.15, 0.2) is 5.54 Å². The molecule has 1 aromatic carbocycles. The first-order valence-corrected chi connectivity index (χ1v) is 6.22. The van der Waals surface area contributed by atoms with Crippen LogP contribution in [-0.4, -0.2) is 35.7 Å². The molecule has 0 radical (unpaired) electrons. The van der Waals surface area contributed by atoms with Gasteiger partial charge < -0.3 is 15.2 Å². The summed E-state index contributed by atoms with van der Waals surface area (Å²) in [6.45, 7) is 2.07. The number of nitrogens with one attached hydrogen (secondary N) is 1. The Morgan fingerprint density at radius 3 is 2.79 bits per heavy atom. The molecule has 2 N–H and O–H groups in total. The van der Waals surface area contributed by atoms with Crippen LogP contribution in [0.2, 0.25) is 5.02 Å². The van der Waals surface area contributed by atoms with Crippen LogP contribution in [-0.2, 0) is 9.53 Å². The molecule has 2 rings (SSSR count). The Bertz CT molecular complexity index is 523. The van der Waals surface area contributed by atoms with Crippen molar-refractivity contribution in [1.82, 2.24) is 5.32 Å². The number of benzene rings is 1. The number of carbonyl (C=O) groups is 2. The standard InChI is InChI=1S/C13H14ClNO4/c1-8-2-3-9(14)6-10(8)11(16)15-13(12(17)18)4-5-19-7-13/h2-3,6H,4-5,7H2,1H3,(H,15,16)(H,17,18). The van der Waals surface area contributed by atoms with Crippen LogP contribution in [0.15, 0.2) is 18.2 Å². The van der Waals surface area contributed by atoms with Crippen LogP contribution in [0.5, 0.6) is 0 Å². The molecule has 1 atom stereocenters. The molecule has 0 aliphatic carbocycles. The van der Waals surface area contributed by atoms with E-state index in [0.717, 1.165) is 5.56 Å². The molecule has 19 heavy (non-hydrogen) atoms. The van der Waals surface area contributed by atoms with E-state index in [4.69, 9.17) is 16.3 Å². The highest BCUT2D eigenvalue weighted by molar-refractivity contribution is 6.31. The van der Waals surface area contributed by atoms with Crippen molar-refractivity contribution in [2.45, 2.75) is 18.9 Å². The Kier molecular flexibility index (Phi) is 3.78. The first-order valence-electron chi connectivity index (χ1n) is 5.84. The molecule has 1 aromatic rings. The lowest BCUT2D eigenvalue weighted by Crippen LogP contribution is -2.55. The fourth-order valence-electron chi connectivity index (χ4n) is 2.01. The Labute approximate surface area is 115 Å². The van der Waals surface area contributed by atoms with Crippen molar-refractivity contribution in [3.63, 3.8) is 0 Å². The van der Waals surface area contributed by atoms with Crippen molar-refractivity contribution in [1.29, 1.82) is 0 Å². The summed E-state index contributed by atoms with van der Waals surface area (Å²) in [6, 6.07) is 4.92. The van der Waals surface area contributed by atoms with Gasteiger partial charge in [-0.1, -0.05) is 17.7 Å². The fourth-order valence-corrected chi connectivity index (χ4v) is 2.18. The topological polar surface area (TPSA) is 75.6 Å². The van der Waals surface area contributed by atoms with E-state index in [1.807, 2.05) is 0 Å². The van der Waals surface area contributed by atoms with Gasteiger partial charge in [-0.05, 0) is 24.6 Å². The van der Waals surface area contributed by atoms with Gasteiger partial charge in [0.1, 0.15) is 0 Å². The average molecular weight is 284 g/mol. The van der Waals surface area contributed by atoms with Gasteiger partial charge in [0.2, 0.25) is 0 Å². The molecular formula is C13H14ClNO4. The molecule has 1 amide bonds. The van der Waals surface area contributed by atoms with Crippen LogP contribution in [0.25, 0.3) is 0 Å². The molecule has 102 valence electrons. The lowest BCUT2D eigenvalue weighted by atomic mass is 9.97. The largest absolute Gasteiger partial charge is 0.479 e. The van der Waals surface area contributed by atoms with Gasteiger partial charge in [-0.25, -0.2) is 4.79 Å². The lowest BCUT2D eigenvalue weighted by molar-refractivity contribution is -0.144. The zero-order chi connectivity index (χ0) is 14.0. The summed E-state index contributed by atoms with van der Waals surface area (Å²) >= 11 is 5.85. The normalized spacial score (nSPS) is 22.2. The number of aryl methyl sites for hydroxylation is 1. The number of carboxylic acid groups (broad SMARTS) is 1.